The molecule has 7 heteroatoms. The van der Waals surface area contributed by atoms with Crippen molar-refractivity contribution in [3.63, 3.8) is 0 Å². The Morgan fingerprint density at radius 2 is 1.85 bits per heavy atom. The molecule has 5 rings (SSSR count). The molecule has 3 aromatic heterocycles. The van der Waals surface area contributed by atoms with E-state index in [1.807, 2.05) is 23.6 Å². The molecule has 0 aliphatic carbocycles. The smallest absolute Gasteiger partial charge is 0.157 e. The summed E-state index contributed by atoms with van der Waals surface area (Å²) in [5, 5.41) is 17.1. The number of thiophene rings is 1. The first-order valence-corrected chi connectivity index (χ1v) is 8.91. The number of nitrogens with one attached hydrogen (secondary N) is 2. The first-order valence-electron chi connectivity index (χ1n) is 7.97. The van der Waals surface area contributed by atoms with Crippen LogP contribution in [-0.2, 0) is 0 Å². The van der Waals surface area contributed by atoms with Gasteiger partial charge in [-0.05, 0) is 23.6 Å². The van der Waals surface area contributed by atoms with Gasteiger partial charge in [0.1, 0.15) is 18.0 Å². The van der Waals surface area contributed by atoms with Gasteiger partial charge in [0.2, 0.25) is 0 Å². The Balaban J connectivity index is 1.79. The van der Waals surface area contributed by atoms with Gasteiger partial charge in [-0.3, -0.25) is 5.10 Å². The zero-order chi connectivity index (χ0) is 17.5. The summed E-state index contributed by atoms with van der Waals surface area (Å²) in [4.78, 5) is 9.06. The number of aromatic amines is 1. The molecule has 2 aromatic carbocycles. The molecule has 0 aliphatic heterocycles. The minimum Gasteiger partial charge on any atom is -0.337 e. The molecular weight excluding hydrogens is 349 g/mol. The van der Waals surface area contributed by atoms with Crippen LogP contribution in [0.2, 0.25) is 0 Å². The largest absolute Gasteiger partial charge is 0.337 e. The highest BCUT2D eigenvalue weighted by atomic mass is 32.1. The molecule has 26 heavy (non-hydrogen) atoms. The predicted molar refractivity (Wildman–Crippen MR) is 102 cm³/mol. The van der Waals surface area contributed by atoms with Crippen LogP contribution in [0.5, 0.6) is 0 Å². The maximum absolute atomic E-state index is 14.1. The Hall–Kier alpha value is -3.32. The van der Waals surface area contributed by atoms with Crippen molar-refractivity contribution in [2.45, 2.75) is 0 Å². The topological polar surface area (TPSA) is 66.5 Å². The molecule has 0 spiro atoms. The van der Waals surface area contributed by atoms with E-state index in [2.05, 4.69) is 25.9 Å². The van der Waals surface area contributed by atoms with Crippen molar-refractivity contribution in [1.82, 2.24) is 20.2 Å². The fourth-order valence-corrected chi connectivity index (χ4v) is 3.89. The molecule has 0 saturated heterocycles. The summed E-state index contributed by atoms with van der Waals surface area (Å²) in [6.07, 6.45) is 1.47. The summed E-state index contributed by atoms with van der Waals surface area (Å²) in [5.74, 6) is 0.946. The van der Waals surface area contributed by atoms with Crippen LogP contribution in [0.3, 0.4) is 0 Å². The zero-order valence-corrected chi connectivity index (χ0v) is 14.2. The van der Waals surface area contributed by atoms with E-state index in [4.69, 9.17) is 4.98 Å². The lowest BCUT2D eigenvalue weighted by Gasteiger charge is -2.11. The van der Waals surface area contributed by atoms with E-state index in [0.717, 1.165) is 27.2 Å². The Labute approximate surface area is 151 Å². The number of para-hydroxylation sites is 2. The monoisotopic (exact) mass is 361 g/mol. The quantitative estimate of drug-likeness (QED) is 0.468. The first kappa shape index (κ1) is 15.0. The third kappa shape index (κ3) is 2.33. The highest BCUT2D eigenvalue weighted by Gasteiger charge is 2.15. The molecule has 5 aromatic rings. The third-order valence-electron chi connectivity index (χ3n) is 4.26. The molecule has 0 bridgehead atoms. The Kier molecular flexibility index (Phi) is 3.39. The summed E-state index contributed by atoms with van der Waals surface area (Å²) < 4.78 is 14.1. The van der Waals surface area contributed by atoms with Gasteiger partial charge in [-0.2, -0.15) is 16.4 Å². The number of fused-ring (bicyclic) bond motifs is 3. The number of H-pyrrole nitrogens is 1. The molecule has 0 atom stereocenters. The summed E-state index contributed by atoms with van der Waals surface area (Å²) in [6, 6.07) is 12.5. The Morgan fingerprint density at radius 3 is 2.69 bits per heavy atom. The molecule has 0 unspecified atom stereocenters. The van der Waals surface area contributed by atoms with Crippen LogP contribution in [0.1, 0.15) is 0 Å². The van der Waals surface area contributed by atoms with Crippen LogP contribution in [0, 0.1) is 5.82 Å². The minimum atomic E-state index is -0.318. The van der Waals surface area contributed by atoms with Gasteiger partial charge in [0, 0.05) is 27.1 Å². The van der Waals surface area contributed by atoms with E-state index in [1.165, 1.54) is 12.4 Å². The van der Waals surface area contributed by atoms with Gasteiger partial charge < -0.3 is 5.32 Å². The van der Waals surface area contributed by atoms with Crippen LogP contribution in [0.25, 0.3) is 33.1 Å². The second-order valence-electron chi connectivity index (χ2n) is 5.80. The van der Waals surface area contributed by atoms with Crippen LogP contribution < -0.4 is 5.32 Å². The SMILES string of the molecule is Fc1ccccc1Nc1nc2c(-c3ncn[nH]3)cccc2c2cscc12. The summed E-state index contributed by atoms with van der Waals surface area (Å²) in [6.45, 7) is 0. The number of benzene rings is 2. The van der Waals surface area contributed by atoms with E-state index >= 15 is 0 Å². The fraction of sp³-hybridized carbons (Fsp3) is 0. The van der Waals surface area contributed by atoms with Crippen LogP contribution >= 0.6 is 11.3 Å². The van der Waals surface area contributed by atoms with Crippen LogP contribution in [-0.4, -0.2) is 20.2 Å². The van der Waals surface area contributed by atoms with Crippen molar-refractivity contribution in [3.8, 4) is 11.4 Å². The van der Waals surface area contributed by atoms with Crippen molar-refractivity contribution < 1.29 is 4.39 Å². The summed E-state index contributed by atoms with van der Waals surface area (Å²) in [5.41, 5.74) is 2.03. The average molecular weight is 361 g/mol. The number of hydrogen-bond acceptors (Lipinski definition) is 5. The maximum atomic E-state index is 14.1. The molecule has 0 fully saturated rings. The van der Waals surface area contributed by atoms with E-state index in [-0.39, 0.29) is 5.82 Å². The number of hydrogen-bond donors (Lipinski definition) is 2. The van der Waals surface area contributed by atoms with Gasteiger partial charge in [0.15, 0.2) is 5.82 Å². The highest BCUT2D eigenvalue weighted by Crippen LogP contribution is 2.36. The molecule has 0 radical (unpaired) electrons. The lowest BCUT2D eigenvalue weighted by molar-refractivity contribution is 0.632. The van der Waals surface area contributed by atoms with Gasteiger partial charge in [-0.25, -0.2) is 14.4 Å². The molecule has 5 nitrogen and oxygen atoms in total. The van der Waals surface area contributed by atoms with Crippen LogP contribution in [0.4, 0.5) is 15.9 Å². The zero-order valence-electron chi connectivity index (χ0n) is 13.4. The van der Waals surface area contributed by atoms with Gasteiger partial charge in [0.25, 0.3) is 0 Å². The molecule has 126 valence electrons. The fourth-order valence-electron chi connectivity index (χ4n) is 3.05. The number of pyridine rings is 1. The molecule has 0 aliphatic rings. The normalized spacial score (nSPS) is 11.3. The minimum absolute atomic E-state index is 0.318. The number of anilines is 2. The van der Waals surface area contributed by atoms with Crippen molar-refractivity contribution >= 4 is 44.5 Å². The average Bonchev–Trinajstić information content (AvgIpc) is 3.35. The highest BCUT2D eigenvalue weighted by molar-refractivity contribution is 7.09. The first-order chi connectivity index (χ1) is 12.8. The van der Waals surface area contributed by atoms with E-state index in [0.29, 0.717) is 17.3 Å². The van der Waals surface area contributed by atoms with Gasteiger partial charge in [-0.15, -0.1) is 0 Å². The van der Waals surface area contributed by atoms with Crippen molar-refractivity contribution in [2.75, 3.05) is 5.32 Å². The second-order valence-corrected chi connectivity index (χ2v) is 6.54. The van der Waals surface area contributed by atoms with E-state index in [1.54, 1.807) is 29.5 Å². The van der Waals surface area contributed by atoms with Crippen molar-refractivity contribution in [2.24, 2.45) is 0 Å². The number of rotatable bonds is 3. The van der Waals surface area contributed by atoms with E-state index < -0.39 is 0 Å². The summed E-state index contributed by atoms with van der Waals surface area (Å²) >= 11 is 1.59. The van der Waals surface area contributed by atoms with E-state index in [9.17, 15) is 4.39 Å². The Morgan fingerprint density at radius 1 is 0.962 bits per heavy atom. The molecule has 0 saturated carbocycles. The van der Waals surface area contributed by atoms with Gasteiger partial charge in [0.05, 0.1) is 11.2 Å². The van der Waals surface area contributed by atoms with Gasteiger partial charge in [-0.1, -0.05) is 24.3 Å². The Bertz CT molecular complexity index is 1230. The third-order valence-corrected chi connectivity index (χ3v) is 5.01. The van der Waals surface area contributed by atoms with Crippen molar-refractivity contribution in [1.29, 1.82) is 0 Å². The predicted octanol–water partition coefficient (Wildman–Crippen LogP) is 5.12. The standard InChI is InChI=1S/C19H12FN5S/c20-15-6-1-2-7-16(15)23-19-14-9-26-8-13(14)11-4-3-5-12(17(11)24-19)18-21-10-22-25-18/h1-10H,(H,23,24)(H,21,22,25). The lowest BCUT2D eigenvalue weighted by atomic mass is 10.1. The van der Waals surface area contributed by atoms with Crippen LogP contribution in [0.15, 0.2) is 59.6 Å². The number of nitrogens with zero attached hydrogens (tertiary/aromatic N) is 3. The number of aromatic nitrogens is 4. The molecule has 2 N–H and O–H groups in total. The lowest BCUT2D eigenvalue weighted by Crippen LogP contribution is -1.98. The van der Waals surface area contributed by atoms with Gasteiger partial charge >= 0.3 is 0 Å². The number of halogens is 1. The second kappa shape index (κ2) is 5.89. The maximum Gasteiger partial charge on any atom is 0.157 e. The molecular formula is C19H12FN5S. The molecule has 3 heterocycles. The molecule has 0 amide bonds. The summed E-state index contributed by atoms with van der Waals surface area (Å²) in [7, 11) is 0. The van der Waals surface area contributed by atoms with Crippen molar-refractivity contribution in [3.05, 3.63) is 65.4 Å².